The number of carbonyl (C=O) groups is 3. The Balaban J connectivity index is 1.93. The SMILES string of the molecule is CN1C(=O)N(C)C(=O)C(CCc2ccncc2)(C(c2ccccc2)c2ccccc2)C1=O. The molecule has 2 aromatic carbocycles. The van der Waals surface area contributed by atoms with Crippen LogP contribution in [0.4, 0.5) is 4.79 Å². The second kappa shape index (κ2) is 8.75. The molecule has 0 aliphatic carbocycles. The van der Waals surface area contributed by atoms with Crippen molar-refractivity contribution in [2.45, 2.75) is 18.8 Å². The lowest BCUT2D eigenvalue weighted by atomic mass is 9.63. The van der Waals surface area contributed by atoms with Crippen LogP contribution in [-0.4, -0.2) is 46.7 Å². The molecule has 3 aromatic rings. The number of aromatic nitrogens is 1. The van der Waals surface area contributed by atoms with Crippen molar-refractivity contribution in [3.05, 3.63) is 102 Å². The molecule has 0 N–H and O–H groups in total. The fourth-order valence-corrected chi connectivity index (χ4v) is 4.64. The molecule has 1 aliphatic rings. The predicted octanol–water partition coefficient (Wildman–Crippen LogP) is 3.88. The predicted molar refractivity (Wildman–Crippen MR) is 121 cm³/mol. The highest BCUT2D eigenvalue weighted by molar-refractivity contribution is 6.19. The van der Waals surface area contributed by atoms with E-state index in [-0.39, 0.29) is 6.42 Å². The number of aryl methyl sites for hydroxylation is 1. The molecule has 1 fully saturated rings. The zero-order chi connectivity index (χ0) is 22.7. The third kappa shape index (κ3) is 3.58. The van der Waals surface area contributed by atoms with E-state index in [1.54, 1.807) is 12.4 Å². The second-order valence-corrected chi connectivity index (χ2v) is 8.09. The van der Waals surface area contributed by atoms with Gasteiger partial charge in [0.25, 0.3) is 0 Å². The molecule has 6 nitrogen and oxygen atoms in total. The van der Waals surface area contributed by atoms with Gasteiger partial charge in [0.2, 0.25) is 11.8 Å². The van der Waals surface area contributed by atoms with E-state index in [1.807, 2.05) is 72.8 Å². The largest absolute Gasteiger partial charge is 0.332 e. The summed E-state index contributed by atoms with van der Waals surface area (Å²) in [5.41, 5.74) is 1.21. The summed E-state index contributed by atoms with van der Waals surface area (Å²) < 4.78 is 0. The molecule has 0 atom stereocenters. The zero-order valence-electron chi connectivity index (χ0n) is 18.1. The summed E-state index contributed by atoms with van der Waals surface area (Å²) in [4.78, 5) is 46.6. The van der Waals surface area contributed by atoms with Gasteiger partial charge in [0, 0.05) is 32.4 Å². The number of carbonyl (C=O) groups excluding carboxylic acids is 3. The van der Waals surface area contributed by atoms with Gasteiger partial charge in [0.15, 0.2) is 0 Å². The van der Waals surface area contributed by atoms with Gasteiger partial charge in [0.05, 0.1) is 0 Å². The smallest absolute Gasteiger partial charge is 0.273 e. The van der Waals surface area contributed by atoms with Crippen molar-refractivity contribution in [2.75, 3.05) is 14.1 Å². The number of rotatable bonds is 6. The molecule has 162 valence electrons. The molecule has 0 radical (unpaired) electrons. The van der Waals surface area contributed by atoms with Crippen molar-refractivity contribution in [3.8, 4) is 0 Å². The Morgan fingerprint density at radius 3 is 1.69 bits per heavy atom. The summed E-state index contributed by atoms with van der Waals surface area (Å²) in [5.74, 6) is -1.50. The standard InChI is InChI=1S/C26H25N3O3/c1-28-23(30)26(24(31)29(2)25(28)32,16-13-19-14-17-27-18-15-19)22(20-9-5-3-6-10-20)21-11-7-4-8-12-21/h3-12,14-15,17-18,22H,13,16H2,1-2H3. The normalized spacial score (nSPS) is 16.0. The van der Waals surface area contributed by atoms with E-state index in [1.165, 1.54) is 14.1 Å². The Kier molecular flexibility index (Phi) is 5.86. The number of nitrogens with zero attached hydrogens (tertiary/aromatic N) is 3. The first-order chi connectivity index (χ1) is 15.5. The highest BCUT2D eigenvalue weighted by atomic mass is 16.2. The van der Waals surface area contributed by atoms with E-state index in [4.69, 9.17) is 0 Å². The average molecular weight is 428 g/mol. The number of urea groups is 1. The number of hydrogen-bond donors (Lipinski definition) is 0. The fourth-order valence-electron chi connectivity index (χ4n) is 4.64. The van der Waals surface area contributed by atoms with Gasteiger partial charge in [-0.2, -0.15) is 0 Å². The number of barbiturate groups is 1. The lowest BCUT2D eigenvalue weighted by molar-refractivity contribution is -0.158. The zero-order valence-corrected chi connectivity index (χ0v) is 18.1. The summed E-state index contributed by atoms with van der Waals surface area (Å²) in [6.07, 6.45) is 4.14. The maximum Gasteiger partial charge on any atom is 0.332 e. The van der Waals surface area contributed by atoms with Crippen molar-refractivity contribution in [3.63, 3.8) is 0 Å². The molecule has 1 aromatic heterocycles. The van der Waals surface area contributed by atoms with Crippen LogP contribution >= 0.6 is 0 Å². The Labute approximate surface area is 187 Å². The first-order valence-electron chi connectivity index (χ1n) is 10.6. The Morgan fingerprint density at radius 1 is 0.750 bits per heavy atom. The molecular weight excluding hydrogens is 402 g/mol. The van der Waals surface area contributed by atoms with Gasteiger partial charge in [-0.15, -0.1) is 0 Å². The van der Waals surface area contributed by atoms with E-state index in [2.05, 4.69) is 4.98 Å². The molecule has 1 aliphatic heterocycles. The van der Waals surface area contributed by atoms with Crippen LogP contribution in [-0.2, 0) is 16.0 Å². The van der Waals surface area contributed by atoms with E-state index < -0.39 is 29.2 Å². The number of benzene rings is 2. The maximum atomic E-state index is 13.9. The van der Waals surface area contributed by atoms with Gasteiger partial charge in [0.1, 0.15) is 5.41 Å². The topological polar surface area (TPSA) is 70.6 Å². The molecule has 1 saturated heterocycles. The van der Waals surface area contributed by atoms with Crippen molar-refractivity contribution < 1.29 is 14.4 Å². The second-order valence-electron chi connectivity index (χ2n) is 8.09. The van der Waals surface area contributed by atoms with E-state index >= 15 is 0 Å². The minimum atomic E-state index is -1.47. The quantitative estimate of drug-likeness (QED) is 0.560. The van der Waals surface area contributed by atoms with Gasteiger partial charge < -0.3 is 0 Å². The van der Waals surface area contributed by atoms with E-state index in [9.17, 15) is 14.4 Å². The molecule has 32 heavy (non-hydrogen) atoms. The van der Waals surface area contributed by atoms with Crippen LogP contribution in [0.3, 0.4) is 0 Å². The van der Waals surface area contributed by atoms with Crippen LogP contribution < -0.4 is 0 Å². The van der Waals surface area contributed by atoms with Crippen LogP contribution in [0.2, 0.25) is 0 Å². The summed E-state index contributed by atoms with van der Waals surface area (Å²) in [6.45, 7) is 0. The minimum absolute atomic E-state index is 0.255. The maximum absolute atomic E-state index is 13.9. The Bertz CT molecular complexity index is 1050. The van der Waals surface area contributed by atoms with Gasteiger partial charge >= 0.3 is 6.03 Å². The lowest BCUT2D eigenvalue weighted by Gasteiger charge is -2.46. The average Bonchev–Trinajstić information content (AvgIpc) is 2.85. The van der Waals surface area contributed by atoms with Gasteiger partial charge in [-0.05, 0) is 41.7 Å². The van der Waals surface area contributed by atoms with E-state index in [0.717, 1.165) is 26.5 Å². The minimum Gasteiger partial charge on any atom is -0.273 e. The highest BCUT2D eigenvalue weighted by Crippen LogP contribution is 2.48. The van der Waals surface area contributed by atoms with Crippen molar-refractivity contribution in [2.24, 2.45) is 5.41 Å². The molecule has 4 rings (SSSR count). The molecule has 0 spiro atoms. The fraction of sp³-hybridized carbons (Fsp3) is 0.231. The summed E-state index contributed by atoms with van der Waals surface area (Å²) in [5, 5.41) is 0. The number of amides is 4. The Morgan fingerprint density at radius 2 is 1.22 bits per heavy atom. The van der Waals surface area contributed by atoms with Crippen LogP contribution in [0.25, 0.3) is 0 Å². The Hall–Kier alpha value is -3.80. The molecule has 6 heteroatoms. The van der Waals surface area contributed by atoms with Gasteiger partial charge in [-0.3, -0.25) is 24.4 Å². The summed E-state index contributed by atoms with van der Waals surface area (Å²) in [7, 11) is 2.89. The number of hydrogen-bond acceptors (Lipinski definition) is 4. The van der Waals surface area contributed by atoms with Crippen molar-refractivity contribution in [1.82, 2.24) is 14.8 Å². The third-order valence-electron chi connectivity index (χ3n) is 6.26. The number of imide groups is 2. The monoisotopic (exact) mass is 427 g/mol. The first kappa shape index (κ1) is 21.4. The van der Waals surface area contributed by atoms with Crippen molar-refractivity contribution >= 4 is 17.8 Å². The van der Waals surface area contributed by atoms with Crippen LogP contribution in [0.15, 0.2) is 85.2 Å². The third-order valence-corrected chi connectivity index (χ3v) is 6.26. The van der Waals surface area contributed by atoms with Crippen molar-refractivity contribution in [1.29, 1.82) is 0 Å². The molecule has 4 amide bonds. The summed E-state index contributed by atoms with van der Waals surface area (Å²) >= 11 is 0. The lowest BCUT2D eigenvalue weighted by Crippen LogP contribution is -2.65. The van der Waals surface area contributed by atoms with Gasteiger partial charge in [-0.1, -0.05) is 60.7 Å². The molecule has 2 heterocycles. The van der Waals surface area contributed by atoms with E-state index in [0.29, 0.717) is 6.42 Å². The highest BCUT2D eigenvalue weighted by Gasteiger charge is 2.59. The molecule has 0 saturated carbocycles. The van der Waals surface area contributed by atoms with Gasteiger partial charge in [-0.25, -0.2) is 4.79 Å². The summed E-state index contributed by atoms with van der Waals surface area (Å²) in [6, 6.07) is 22.3. The van der Waals surface area contributed by atoms with Crippen LogP contribution in [0.5, 0.6) is 0 Å². The molecule has 0 bridgehead atoms. The molecular formula is C26H25N3O3. The number of pyridine rings is 1. The van der Waals surface area contributed by atoms with Crippen LogP contribution in [0.1, 0.15) is 29.0 Å². The first-order valence-corrected chi connectivity index (χ1v) is 10.6. The molecule has 0 unspecified atom stereocenters. The van der Waals surface area contributed by atoms with Crippen LogP contribution in [0, 0.1) is 5.41 Å².